The average Bonchev–Trinajstić information content (AvgIpc) is 3.19. The van der Waals surface area contributed by atoms with Crippen LogP contribution in [0.15, 0.2) is 12.7 Å². The van der Waals surface area contributed by atoms with Crippen molar-refractivity contribution in [3.8, 4) is 0 Å². The molecule has 0 aromatic rings. The summed E-state index contributed by atoms with van der Waals surface area (Å²) in [5.41, 5.74) is -2.16. The number of primary sulfonamides is 1. The third-order valence-electron chi connectivity index (χ3n) is 4.05. The molecule has 0 heterocycles. The van der Waals surface area contributed by atoms with E-state index in [4.69, 9.17) is 9.88 Å². The van der Waals surface area contributed by atoms with Crippen LogP contribution in [0.1, 0.15) is 40.0 Å². The maximum Gasteiger partial charge on any atom is 0.408 e. The zero-order valence-electron chi connectivity index (χ0n) is 13.0. The van der Waals surface area contributed by atoms with Gasteiger partial charge in [0, 0.05) is 12.3 Å². The van der Waals surface area contributed by atoms with Crippen molar-refractivity contribution in [3.05, 3.63) is 12.7 Å². The molecule has 2 rings (SSSR count). The van der Waals surface area contributed by atoms with Gasteiger partial charge in [0.1, 0.15) is 11.4 Å². The summed E-state index contributed by atoms with van der Waals surface area (Å²) >= 11 is 0. The number of alkyl carbamates (subject to hydrolysis) is 1. The van der Waals surface area contributed by atoms with Crippen LogP contribution in [0.2, 0.25) is 0 Å². The van der Waals surface area contributed by atoms with Crippen molar-refractivity contribution in [1.82, 2.24) is 5.32 Å². The molecule has 2 aliphatic rings. The zero-order valence-corrected chi connectivity index (χ0v) is 13.8. The van der Waals surface area contributed by atoms with E-state index >= 15 is 0 Å². The molecule has 124 valence electrons. The van der Waals surface area contributed by atoms with Gasteiger partial charge in [0.25, 0.3) is 0 Å². The fraction of sp³-hybridized carbons (Fsp3) is 0.714. The molecule has 3 N–H and O–H groups in total. The molecule has 2 saturated carbocycles. The summed E-state index contributed by atoms with van der Waals surface area (Å²) < 4.78 is 29.2. The van der Waals surface area contributed by atoms with E-state index in [0.29, 0.717) is 0 Å². The Morgan fingerprint density at radius 1 is 1.36 bits per heavy atom. The van der Waals surface area contributed by atoms with Crippen LogP contribution in [-0.2, 0) is 19.6 Å². The van der Waals surface area contributed by atoms with E-state index in [1.165, 1.54) is 6.08 Å². The molecule has 0 bridgehead atoms. The fourth-order valence-electron chi connectivity index (χ4n) is 2.73. The molecule has 0 aliphatic heterocycles. The molecular formula is C14H22N2O5S. The van der Waals surface area contributed by atoms with Crippen LogP contribution in [0.3, 0.4) is 0 Å². The second-order valence-electron chi connectivity index (χ2n) is 6.99. The molecule has 0 radical (unpaired) electrons. The van der Waals surface area contributed by atoms with E-state index in [2.05, 4.69) is 11.9 Å². The number of hydrogen-bond acceptors (Lipinski definition) is 5. The molecule has 0 spiro atoms. The summed E-state index contributed by atoms with van der Waals surface area (Å²) in [5.74, 6) is -0.408. The van der Waals surface area contributed by atoms with Crippen molar-refractivity contribution in [1.29, 1.82) is 0 Å². The molecular weight excluding hydrogens is 308 g/mol. The van der Waals surface area contributed by atoms with Crippen LogP contribution in [-0.4, -0.2) is 30.8 Å². The minimum Gasteiger partial charge on any atom is -0.444 e. The first kappa shape index (κ1) is 17.0. The number of amides is 1. The summed E-state index contributed by atoms with van der Waals surface area (Å²) in [6.45, 7) is 8.54. The number of nitrogens with two attached hydrogens (primary N) is 1. The Kier molecular flexibility index (Phi) is 3.69. The standard InChI is InChI=1S/C14H22N2O5S/c1-5-13(10(17)9-6-7-9)8-14(13,22(15,19)20)16-11(18)21-12(2,3)4/h5,9H,1,6-8H2,2-4H3,(H,16,18)(H2,15,19,20)/t13-,14+/m0/s1. The summed E-state index contributed by atoms with van der Waals surface area (Å²) in [4.78, 5) is 22.6. The maximum absolute atomic E-state index is 12.5. The summed E-state index contributed by atoms with van der Waals surface area (Å²) in [7, 11) is -4.22. The van der Waals surface area contributed by atoms with Crippen molar-refractivity contribution >= 4 is 21.9 Å². The van der Waals surface area contributed by atoms with Gasteiger partial charge < -0.3 is 4.74 Å². The number of rotatable bonds is 5. The molecule has 0 unspecified atom stereocenters. The Balaban J connectivity index is 2.31. The van der Waals surface area contributed by atoms with Crippen LogP contribution in [0.25, 0.3) is 0 Å². The highest BCUT2D eigenvalue weighted by atomic mass is 32.2. The lowest BCUT2D eigenvalue weighted by Gasteiger charge is -2.25. The van der Waals surface area contributed by atoms with Crippen molar-refractivity contribution in [3.63, 3.8) is 0 Å². The van der Waals surface area contributed by atoms with Crippen molar-refractivity contribution in [2.75, 3.05) is 0 Å². The number of nitrogens with one attached hydrogen (secondary N) is 1. The number of carbonyl (C=O) groups excluding carboxylic acids is 2. The van der Waals surface area contributed by atoms with E-state index in [0.717, 1.165) is 12.8 Å². The average molecular weight is 330 g/mol. The first-order chi connectivity index (χ1) is 9.88. The Labute approximate surface area is 130 Å². The van der Waals surface area contributed by atoms with Gasteiger partial charge in [0.15, 0.2) is 4.87 Å². The lowest BCUT2D eigenvalue weighted by molar-refractivity contribution is -0.124. The smallest absolute Gasteiger partial charge is 0.408 e. The third kappa shape index (κ3) is 2.65. The van der Waals surface area contributed by atoms with Crippen LogP contribution in [0.5, 0.6) is 0 Å². The fourth-order valence-corrected chi connectivity index (χ4v) is 4.08. The van der Waals surface area contributed by atoms with Crippen LogP contribution in [0.4, 0.5) is 4.79 Å². The first-order valence-corrected chi connectivity index (χ1v) is 8.65. The Bertz CT molecular complexity index is 632. The molecule has 0 aromatic carbocycles. The molecule has 0 aromatic heterocycles. The van der Waals surface area contributed by atoms with E-state index in [9.17, 15) is 18.0 Å². The Morgan fingerprint density at radius 3 is 2.27 bits per heavy atom. The topological polar surface area (TPSA) is 116 Å². The van der Waals surface area contributed by atoms with Gasteiger partial charge in [-0.1, -0.05) is 6.08 Å². The zero-order chi connectivity index (χ0) is 17.0. The second kappa shape index (κ2) is 4.79. The minimum atomic E-state index is -4.22. The Morgan fingerprint density at radius 2 is 1.91 bits per heavy atom. The molecule has 2 fully saturated rings. The van der Waals surface area contributed by atoms with Gasteiger partial charge in [-0.05, 0) is 33.6 Å². The summed E-state index contributed by atoms with van der Waals surface area (Å²) in [6, 6.07) is 0. The number of hydrogen-bond donors (Lipinski definition) is 2. The Hall–Kier alpha value is -1.41. The molecule has 8 heteroatoms. The van der Waals surface area contributed by atoms with Crippen molar-refractivity contribution < 1.29 is 22.7 Å². The highest BCUT2D eigenvalue weighted by Gasteiger charge is 2.78. The molecule has 2 atom stereocenters. The molecule has 7 nitrogen and oxygen atoms in total. The number of ether oxygens (including phenoxy) is 1. The molecule has 22 heavy (non-hydrogen) atoms. The normalized spacial score (nSPS) is 31.3. The van der Waals surface area contributed by atoms with E-state index in [1.807, 2.05) is 0 Å². The highest BCUT2D eigenvalue weighted by molar-refractivity contribution is 7.91. The molecule has 2 aliphatic carbocycles. The number of ketones is 1. The maximum atomic E-state index is 12.5. The van der Waals surface area contributed by atoms with E-state index in [-0.39, 0.29) is 18.1 Å². The summed E-state index contributed by atoms with van der Waals surface area (Å²) in [6.07, 6.45) is 1.71. The van der Waals surface area contributed by atoms with E-state index < -0.39 is 32.0 Å². The summed E-state index contributed by atoms with van der Waals surface area (Å²) in [5, 5.41) is 7.60. The van der Waals surface area contributed by atoms with Crippen LogP contribution < -0.4 is 10.5 Å². The number of sulfonamides is 1. The minimum absolute atomic E-state index is 0.100. The van der Waals surface area contributed by atoms with Gasteiger partial charge in [0.05, 0.1) is 5.41 Å². The van der Waals surface area contributed by atoms with E-state index in [1.54, 1.807) is 20.8 Å². The SMILES string of the molecule is C=C[C@@]1(C(=O)C2CC2)C[C@@]1(NC(=O)OC(C)(C)C)S(N)(=O)=O. The number of carbonyl (C=O) groups is 2. The van der Waals surface area contributed by atoms with Gasteiger partial charge in [-0.3, -0.25) is 10.1 Å². The van der Waals surface area contributed by atoms with Crippen LogP contribution in [0, 0.1) is 11.3 Å². The highest BCUT2D eigenvalue weighted by Crippen LogP contribution is 2.63. The predicted octanol–water partition coefficient (Wildman–Crippen LogP) is 1.05. The van der Waals surface area contributed by atoms with Gasteiger partial charge in [-0.15, -0.1) is 6.58 Å². The van der Waals surface area contributed by atoms with Crippen molar-refractivity contribution in [2.45, 2.75) is 50.5 Å². The molecule has 1 amide bonds. The lowest BCUT2D eigenvalue weighted by Crippen LogP contribution is -2.53. The van der Waals surface area contributed by atoms with Gasteiger partial charge in [-0.2, -0.15) is 0 Å². The van der Waals surface area contributed by atoms with Crippen LogP contribution >= 0.6 is 0 Å². The second-order valence-corrected chi connectivity index (χ2v) is 8.78. The molecule has 0 saturated heterocycles. The van der Waals surface area contributed by atoms with Gasteiger partial charge in [-0.25, -0.2) is 18.4 Å². The largest absolute Gasteiger partial charge is 0.444 e. The van der Waals surface area contributed by atoms with Gasteiger partial charge in [0.2, 0.25) is 10.0 Å². The van der Waals surface area contributed by atoms with Gasteiger partial charge >= 0.3 is 6.09 Å². The first-order valence-electron chi connectivity index (χ1n) is 7.10. The predicted molar refractivity (Wildman–Crippen MR) is 80.2 cm³/mol. The monoisotopic (exact) mass is 330 g/mol. The lowest BCUT2D eigenvalue weighted by atomic mass is 9.96. The van der Waals surface area contributed by atoms with Crippen molar-refractivity contribution in [2.24, 2.45) is 16.5 Å². The third-order valence-corrected chi connectivity index (χ3v) is 5.63. The number of Topliss-reactive ketones (excluding diaryl/α,β-unsaturated/α-hetero) is 1. The quantitative estimate of drug-likeness (QED) is 0.731.